The van der Waals surface area contributed by atoms with E-state index in [1.165, 1.54) is 0 Å². The second kappa shape index (κ2) is 5.51. The van der Waals surface area contributed by atoms with Crippen molar-refractivity contribution in [1.29, 1.82) is 0 Å². The number of aromatic nitrogens is 2. The molecule has 2 unspecified atom stereocenters. The fourth-order valence-electron chi connectivity index (χ4n) is 3.68. The molecule has 0 aliphatic heterocycles. The largest absolute Gasteiger partial charge is 0.481 e. The van der Waals surface area contributed by atoms with E-state index in [9.17, 15) is 9.90 Å². The van der Waals surface area contributed by atoms with Gasteiger partial charge in [-0.15, -0.1) is 0 Å². The fraction of sp³-hybridized carbons (Fsp3) is 0.529. The molecule has 2 aromatic heterocycles. The average molecular weight is 286 g/mol. The lowest BCUT2D eigenvalue weighted by molar-refractivity contribution is -0.152. The molecule has 2 aromatic rings. The first-order valence-corrected chi connectivity index (χ1v) is 7.79. The van der Waals surface area contributed by atoms with E-state index >= 15 is 0 Å². The maximum Gasteiger partial charge on any atom is 0.310 e. The van der Waals surface area contributed by atoms with Gasteiger partial charge in [0, 0.05) is 18.8 Å². The standard InChI is InChI=1S/C17H22N2O2/c1-2-13-6-5-8-17(10-13,16(20)21)11-14-12-19-9-4-3-7-15(19)18-14/h3-4,7,9,12-13H,2,5-6,8,10-11H2,1H3,(H,20,21). The first-order valence-electron chi connectivity index (χ1n) is 7.79. The third-order valence-electron chi connectivity index (χ3n) is 4.91. The number of carbonyl (C=O) groups is 1. The van der Waals surface area contributed by atoms with Gasteiger partial charge in [-0.3, -0.25) is 4.79 Å². The van der Waals surface area contributed by atoms with E-state index in [4.69, 9.17) is 0 Å². The summed E-state index contributed by atoms with van der Waals surface area (Å²) in [6, 6.07) is 5.86. The number of hydrogen-bond donors (Lipinski definition) is 1. The SMILES string of the molecule is CCC1CCCC(Cc2cn3ccccc3n2)(C(=O)O)C1. The van der Waals surface area contributed by atoms with Gasteiger partial charge in [-0.25, -0.2) is 4.98 Å². The van der Waals surface area contributed by atoms with Crippen LogP contribution in [0.3, 0.4) is 0 Å². The molecule has 4 heteroatoms. The summed E-state index contributed by atoms with van der Waals surface area (Å²) in [6.07, 6.45) is 9.26. The lowest BCUT2D eigenvalue weighted by atomic mass is 9.66. The van der Waals surface area contributed by atoms with Gasteiger partial charge in [0.1, 0.15) is 5.65 Å². The zero-order valence-electron chi connectivity index (χ0n) is 12.5. The van der Waals surface area contributed by atoms with Gasteiger partial charge in [0.2, 0.25) is 0 Å². The Morgan fingerprint density at radius 2 is 2.38 bits per heavy atom. The van der Waals surface area contributed by atoms with Gasteiger partial charge >= 0.3 is 5.97 Å². The Morgan fingerprint density at radius 3 is 3.10 bits per heavy atom. The Bertz CT molecular complexity index is 616. The first kappa shape index (κ1) is 14.1. The molecule has 0 saturated heterocycles. The van der Waals surface area contributed by atoms with Crippen LogP contribution in [0, 0.1) is 11.3 Å². The normalized spacial score (nSPS) is 26.0. The molecule has 112 valence electrons. The van der Waals surface area contributed by atoms with E-state index < -0.39 is 11.4 Å². The molecule has 0 aromatic carbocycles. The highest BCUT2D eigenvalue weighted by Crippen LogP contribution is 2.43. The zero-order chi connectivity index (χ0) is 14.9. The summed E-state index contributed by atoms with van der Waals surface area (Å²) in [4.78, 5) is 16.5. The van der Waals surface area contributed by atoms with Crippen LogP contribution in [0.15, 0.2) is 30.6 Å². The summed E-state index contributed by atoms with van der Waals surface area (Å²) >= 11 is 0. The third kappa shape index (κ3) is 2.67. The minimum atomic E-state index is -0.655. The summed E-state index contributed by atoms with van der Waals surface area (Å²) in [5.41, 5.74) is 1.15. The molecule has 1 N–H and O–H groups in total. The van der Waals surface area contributed by atoms with E-state index in [2.05, 4.69) is 11.9 Å². The Labute approximate surface area is 124 Å². The molecule has 1 fully saturated rings. The summed E-state index contributed by atoms with van der Waals surface area (Å²) in [6.45, 7) is 2.16. The molecule has 0 spiro atoms. The van der Waals surface area contributed by atoms with Crippen LogP contribution in [0.5, 0.6) is 0 Å². The molecule has 0 radical (unpaired) electrons. The van der Waals surface area contributed by atoms with Crippen molar-refractivity contribution in [2.24, 2.45) is 11.3 Å². The maximum atomic E-state index is 11.9. The first-order chi connectivity index (χ1) is 10.1. The number of imidazole rings is 1. The van der Waals surface area contributed by atoms with Crippen LogP contribution in [0.1, 0.15) is 44.7 Å². The molecule has 2 heterocycles. The molecule has 4 nitrogen and oxygen atoms in total. The minimum Gasteiger partial charge on any atom is -0.481 e. The summed E-state index contributed by atoms with van der Waals surface area (Å²) in [7, 11) is 0. The highest BCUT2D eigenvalue weighted by atomic mass is 16.4. The summed E-state index contributed by atoms with van der Waals surface area (Å²) < 4.78 is 1.96. The summed E-state index contributed by atoms with van der Waals surface area (Å²) in [5, 5.41) is 9.80. The van der Waals surface area contributed by atoms with Crippen molar-refractivity contribution in [3.8, 4) is 0 Å². The van der Waals surface area contributed by atoms with Crippen LogP contribution >= 0.6 is 0 Å². The van der Waals surface area contributed by atoms with Crippen molar-refractivity contribution in [2.45, 2.75) is 45.4 Å². The Balaban J connectivity index is 1.89. The van der Waals surface area contributed by atoms with Gasteiger partial charge in [0.15, 0.2) is 0 Å². The quantitative estimate of drug-likeness (QED) is 0.935. The van der Waals surface area contributed by atoms with E-state index in [0.29, 0.717) is 12.3 Å². The van der Waals surface area contributed by atoms with Gasteiger partial charge in [-0.05, 0) is 30.9 Å². The Kier molecular flexibility index (Phi) is 3.70. The Morgan fingerprint density at radius 1 is 1.52 bits per heavy atom. The van der Waals surface area contributed by atoms with Crippen molar-refractivity contribution in [3.05, 3.63) is 36.3 Å². The molecular formula is C17H22N2O2. The molecule has 21 heavy (non-hydrogen) atoms. The van der Waals surface area contributed by atoms with E-state index in [0.717, 1.165) is 43.4 Å². The molecule has 2 atom stereocenters. The van der Waals surface area contributed by atoms with Crippen molar-refractivity contribution in [3.63, 3.8) is 0 Å². The van der Waals surface area contributed by atoms with Crippen molar-refractivity contribution in [1.82, 2.24) is 9.38 Å². The van der Waals surface area contributed by atoms with Gasteiger partial charge in [0.25, 0.3) is 0 Å². The van der Waals surface area contributed by atoms with Crippen LogP contribution in [0.2, 0.25) is 0 Å². The predicted molar refractivity (Wildman–Crippen MR) is 81.2 cm³/mol. The minimum absolute atomic E-state index is 0.534. The van der Waals surface area contributed by atoms with Gasteiger partial charge in [-0.2, -0.15) is 0 Å². The van der Waals surface area contributed by atoms with Gasteiger partial charge < -0.3 is 9.51 Å². The lowest BCUT2D eigenvalue weighted by Crippen LogP contribution is -2.38. The van der Waals surface area contributed by atoms with Crippen LogP contribution in [0.25, 0.3) is 5.65 Å². The number of nitrogens with zero attached hydrogens (tertiary/aromatic N) is 2. The molecule has 1 aliphatic carbocycles. The molecule has 0 bridgehead atoms. The topological polar surface area (TPSA) is 54.6 Å². The number of hydrogen-bond acceptors (Lipinski definition) is 2. The molecule has 0 amide bonds. The fourth-order valence-corrected chi connectivity index (χ4v) is 3.68. The Hall–Kier alpha value is -1.84. The molecule has 3 rings (SSSR count). The van der Waals surface area contributed by atoms with E-state index in [-0.39, 0.29) is 0 Å². The number of carboxylic acids is 1. The zero-order valence-corrected chi connectivity index (χ0v) is 12.5. The van der Waals surface area contributed by atoms with Crippen molar-refractivity contribution >= 4 is 11.6 Å². The number of rotatable bonds is 4. The highest BCUT2D eigenvalue weighted by Gasteiger charge is 2.43. The molecular weight excluding hydrogens is 264 g/mol. The second-order valence-corrected chi connectivity index (χ2v) is 6.33. The van der Waals surface area contributed by atoms with Crippen LogP contribution in [0.4, 0.5) is 0 Å². The summed E-state index contributed by atoms with van der Waals surface area (Å²) in [5.74, 6) is -0.121. The predicted octanol–water partition coefficient (Wildman–Crippen LogP) is 3.55. The third-order valence-corrected chi connectivity index (χ3v) is 4.91. The monoisotopic (exact) mass is 286 g/mol. The second-order valence-electron chi connectivity index (χ2n) is 6.33. The lowest BCUT2D eigenvalue weighted by Gasteiger charge is -2.37. The number of fused-ring (bicyclic) bond motifs is 1. The highest BCUT2D eigenvalue weighted by molar-refractivity contribution is 5.75. The van der Waals surface area contributed by atoms with E-state index in [1.807, 2.05) is 35.0 Å². The van der Waals surface area contributed by atoms with Gasteiger partial charge in [-0.1, -0.05) is 32.3 Å². The maximum absolute atomic E-state index is 11.9. The molecule has 1 aliphatic rings. The van der Waals surface area contributed by atoms with Crippen LogP contribution in [-0.2, 0) is 11.2 Å². The average Bonchev–Trinajstić information content (AvgIpc) is 2.89. The van der Waals surface area contributed by atoms with Crippen molar-refractivity contribution in [2.75, 3.05) is 0 Å². The molecule has 1 saturated carbocycles. The van der Waals surface area contributed by atoms with Crippen LogP contribution in [-0.4, -0.2) is 20.5 Å². The van der Waals surface area contributed by atoms with Gasteiger partial charge in [0.05, 0.1) is 11.1 Å². The number of carboxylic acid groups (broad SMARTS) is 1. The number of pyridine rings is 1. The van der Waals surface area contributed by atoms with Crippen LogP contribution < -0.4 is 0 Å². The van der Waals surface area contributed by atoms with Crippen molar-refractivity contribution < 1.29 is 9.90 Å². The smallest absolute Gasteiger partial charge is 0.310 e. The van der Waals surface area contributed by atoms with E-state index in [1.54, 1.807) is 0 Å². The number of aliphatic carboxylic acids is 1.